The Bertz CT molecular complexity index is 939. The van der Waals surface area contributed by atoms with Gasteiger partial charge in [-0.05, 0) is 44.8 Å². The number of para-hydroxylation sites is 1. The van der Waals surface area contributed by atoms with E-state index in [1.54, 1.807) is 12.4 Å². The minimum Gasteiger partial charge on any atom is -0.397 e. The molecule has 0 aliphatic carbocycles. The number of nitrogens with two attached hydrogens (primary N) is 1. The lowest BCUT2D eigenvalue weighted by molar-refractivity contribution is 0.112. The summed E-state index contributed by atoms with van der Waals surface area (Å²) in [5.74, 6) is 0. The molecule has 5 nitrogen and oxygen atoms in total. The third-order valence-corrected chi connectivity index (χ3v) is 4.68. The fraction of sp³-hybridized carbons (Fsp3) is 0.217. The van der Waals surface area contributed by atoms with E-state index < -0.39 is 0 Å². The average Bonchev–Trinajstić information content (AvgIpc) is 2.72. The predicted octanol–water partition coefficient (Wildman–Crippen LogP) is 4.23. The molecule has 0 saturated carbocycles. The maximum Gasteiger partial charge on any atom is 0.150 e. The van der Waals surface area contributed by atoms with E-state index in [1.807, 2.05) is 48.5 Å². The lowest BCUT2D eigenvalue weighted by Crippen LogP contribution is -2.24. The van der Waals surface area contributed by atoms with E-state index >= 15 is 0 Å². The van der Waals surface area contributed by atoms with Crippen LogP contribution in [0.2, 0.25) is 0 Å². The van der Waals surface area contributed by atoms with Crippen molar-refractivity contribution in [2.45, 2.75) is 6.42 Å². The summed E-state index contributed by atoms with van der Waals surface area (Å²) < 4.78 is 0. The maximum absolute atomic E-state index is 11.6. The monoisotopic (exact) mass is 374 g/mol. The summed E-state index contributed by atoms with van der Waals surface area (Å²) in [6.45, 7) is 1.75. The third kappa shape index (κ3) is 4.38. The average molecular weight is 374 g/mol. The number of aromatic nitrogens is 1. The van der Waals surface area contributed by atoms with Crippen molar-refractivity contribution in [3.8, 4) is 11.1 Å². The highest BCUT2D eigenvalue weighted by Crippen LogP contribution is 2.38. The summed E-state index contributed by atoms with van der Waals surface area (Å²) in [6.07, 6.45) is 5.36. The summed E-state index contributed by atoms with van der Waals surface area (Å²) in [4.78, 5) is 20.2. The Hall–Kier alpha value is -3.18. The van der Waals surface area contributed by atoms with Crippen LogP contribution < -0.4 is 10.6 Å². The van der Waals surface area contributed by atoms with Gasteiger partial charge in [0.1, 0.15) is 0 Å². The normalized spacial score (nSPS) is 10.8. The van der Waals surface area contributed by atoms with Crippen LogP contribution in [0.5, 0.6) is 0 Å². The summed E-state index contributed by atoms with van der Waals surface area (Å²) in [6, 6.07) is 17.6. The van der Waals surface area contributed by atoms with Gasteiger partial charge in [0, 0.05) is 29.6 Å². The number of benzene rings is 2. The van der Waals surface area contributed by atoms with E-state index in [9.17, 15) is 4.79 Å². The SMILES string of the molecule is CN(C)CCCN(c1cnccc1N)c1ccccc1-c1ccccc1C=O. The standard InChI is InChI=1S/C23H26N4O/c1-26(2)14-7-15-27(23-16-25-13-12-21(23)24)22-11-6-5-10-20(22)19-9-4-3-8-18(19)17-28/h3-6,8-13,16-17H,7,14-15H2,1-2H3,(H2,24,25). The summed E-state index contributed by atoms with van der Waals surface area (Å²) in [5, 5.41) is 0. The van der Waals surface area contributed by atoms with E-state index in [1.165, 1.54) is 0 Å². The van der Waals surface area contributed by atoms with Crippen molar-refractivity contribution in [2.75, 3.05) is 37.8 Å². The molecule has 0 aliphatic heterocycles. The first-order valence-electron chi connectivity index (χ1n) is 9.37. The van der Waals surface area contributed by atoms with Crippen molar-refractivity contribution in [3.05, 3.63) is 72.6 Å². The Morgan fingerprint density at radius 1 is 0.929 bits per heavy atom. The van der Waals surface area contributed by atoms with Gasteiger partial charge < -0.3 is 15.5 Å². The number of anilines is 3. The van der Waals surface area contributed by atoms with Gasteiger partial charge in [0.15, 0.2) is 6.29 Å². The Balaban J connectivity index is 2.10. The second kappa shape index (κ2) is 9.15. The second-order valence-electron chi connectivity index (χ2n) is 6.97. The van der Waals surface area contributed by atoms with Crippen molar-refractivity contribution >= 4 is 23.3 Å². The van der Waals surface area contributed by atoms with Crippen LogP contribution >= 0.6 is 0 Å². The number of hydrogen-bond acceptors (Lipinski definition) is 5. The third-order valence-electron chi connectivity index (χ3n) is 4.68. The number of nitrogens with zero attached hydrogens (tertiary/aromatic N) is 3. The smallest absolute Gasteiger partial charge is 0.150 e. The van der Waals surface area contributed by atoms with Crippen LogP contribution in [0.15, 0.2) is 67.0 Å². The highest BCUT2D eigenvalue weighted by Gasteiger charge is 2.18. The molecule has 3 aromatic rings. The van der Waals surface area contributed by atoms with Crippen LogP contribution in [-0.4, -0.2) is 43.4 Å². The molecule has 2 aromatic carbocycles. The molecule has 0 atom stereocenters. The zero-order valence-corrected chi connectivity index (χ0v) is 16.4. The minimum atomic E-state index is 0.669. The number of carbonyl (C=O) groups is 1. The van der Waals surface area contributed by atoms with Gasteiger partial charge in [-0.15, -0.1) is 0 Å². The highest BCUT2D eigenvalue weighted by atomic mass is 16.1. The minimum absolute atomic E-state index is 0.669. The molecule has 0 spiro atoms. The van der Waals surface area contributed by atoms with Gasteiger partial charge in [0.25, 0.3) is 0 Å². The molecular formula is C23H26N4O. The van der Waals surface area contributed by atoms with Gasteiger partial charge in [-0.1, -0.05) is 42.5 Å². The molecule has 144 valence electrons. The molecule has 0 unspecified atom stereocenters. The van der Waals surface area contributed by atoms with Crippen LogP contribution in [-0.2, 0) is 0 Å². The van der Waals surface area contributed by atoms with Crippen molar-refractivity contribution in [1.82, 2.24) is 9.88 Å². The summed E-state index contributed by atoms with van der Waals surface area (Å²) in [5.41, 5.74) is 11.4. The number of aldehydes is 1. The van der Waals surface area contributed by atoms with Crippen molar-refractivity contribution in [2.24, 2.45) is 0 Å². The number of nitrogen functional groups attached to an aromatic ring is 1. The van der Waals surface area contributed by atoms with Gasteiger partial charge in [-0.25, -0.2) is 0 Å². The zero-order valence-electron chi connectivity index (χ0n) is 16.4. The molecule has 0 radical (unpaired) electrons. The molecule has 0 aliphatic rings. The number of pyridine rings is 1. The van der Waals surface area contributed by atoms with Crippen LogP contribution in [0.25, 0.3) is 11.1 Å². The molecule has 2 N–H and O–H groups in total. The number of hydrogen-bond donors (Lipinski definition) is 1. The molecule has 0 fully saturated rings. The van der Waals surface area contributed by atoms with E-state index in [-0.39, 0.29) is 0 Å². The van der Waals surface area contributed by atoms with Crippen LogP contribution in [0.4, 0.5) is 17.1 Å². The first-order chi connectivity index (χ1) is 13.6. The molecule has 0 saturated heterocycles. The van der Waals surface area contributed by atoms with Crippen molar-refractivity contribution in [1.29, 1.82) is 0 Å². The van der Waals surface area contributed by atoms with Crippen LogP contribution in [0.1, 0.15) is 16.8 Å². The first-order valence-corrected chi connectivity index (χ1v) is 9.37. The Morgan fingerprint density at radius 3 is 2.36 bits per heavy atom. The zero-order chi connectivity index (χ0) is 19.9. The first kappa shape index (κ1) is 19.6. The Morgan fingerprint density at radius 2 is 1.64 bits per heavy atom. The molecule has 28 heavy (non-hydrogen) atoms. The molecule has 5 heteroatoms. The Labute approximate surface area is 166 Å². The second-order valence-corrected chi connectivity index (χ2v) is 6.97. The lowest BCUT2D eigenvalue weighted by Gasteiger charge is -2.29. The molecule has 0 bridgehead atoms. The van der Waals surface area contributed by atoms with E-state index in [0.29, 0.717) is 11.3 Å². The van der Waals surface area contributed by atoms with Crippen LogP contribution in [0, 0.1) is 0 Å². The van der Waals surface area contributed by atoms with Gasteiger partial charge in [-0.3, -0.25) is 9.78 Å². The Kier molecular flexibility index (Phi) is 6.40. The van der Waals surface area contributed by atoms with E-state index in [4.69, 9.17) is 5.73 Å². The molecule has 1 aromatic heterocycles. The quantitative estimate of drug-likeness (QED) is 0.598. The largest absolute Gasteiger partial charge is 0.397 e. The summed E-state index contributed by atoms with van der Waals surface area (Å²) in [7, 11) is 4.13. The van der Waals surface area contributed by atoms with Gasteiger partial charge >= 0.3 is 0 Å². The topological polar surface area (TPSA) is 62.5 Å². The lowest BCUT2D eigenvalue weighted by atomic mass is 9.98. The highest BCUT2D eigenvalue weighted by molar-refractivity contribution is 5.93. The van der Waals surface area contributed by atoms with E-state index in [0.717, 1.165) is 48.3 Å². The molecule has 0 amide bonds. The van der Waals surface area contributed by atoms with Crippen molar-refractivity contribution in [3.63, 3.8) is 0 Å². The van der Waals surface area contributed by atoms with E-state index in [2.05, 4.69) is 34.9 Å². The molecule has 1 heterocycles. The number of carbonyl (C=O) groups excluding carboxylic acids is 1. The predicted molar refractivity (Wildman–Crippen MR) is 116 cm³/mol. The van der Waals surface area contributed by atoms with Gasteiger partial charge in [0.05, 0.1) is 17.6 Å². The molecule has 3 rings (SSSR count). The fourth-order valence-electron chi connectivity index (χ4n) is 3.32. The van der Waals surface area contributed by atoms with Gasteiger partial charge in [0.2, 0.25) is 0 Å². The van der Waals surface area contributed by atoms with Crippen molar-refractivity contribution < 1.29 is 4.79 Å². The number of rotatable bonds is 8. The maximum atomic E-state index is 11.6. The molecular weight excluding hydrogens is 348 g/mol. The van der Waals surface area contributed by atoms with Crippen LogP contribution in [0.3, 0.4) is 0 Å². The summed E-state index contributed by atoms with van der Waals surface area (Å²) >= 11 is 0. The fourth-order valence-corrected chi connectivity index (χ4v) is 3.32. The van der Waals surface area contributed by atoms with Gasteiger partial charge in [-0.2, -0.15) is 0 Å².